The lowest BCUT2D eigenvalue weighted by molar-refractivity contribution is 0.130. The van der Waals surface area contributed by atoms with Crippen LogP contribution in [0, 0.1) is 10.8 Å². The molecule has 216 valence electrons. The van der Waals surface area contributed by atoms with E-state index in [2.05, 4.69) is 13.2 Å². The van der Waals surface area contributed by atoms with E-state index >= 15 is 0 Å². The van der Waals surface area contributed by atoms with Crippen molar-refractivity contribution in [1.29, 1.82) is 10.8 Å². The molecule has 1 heterocycles. The van der Waals surface area contributed by atoms with Gasteiger partial charge in [-0.05, 0) is 48.0 Å². The predicted molar refractivity (Wildman–Crippen MR) is 163 cm³/mol. The molecule has 1 unspecified atom stereocenters. The number of nitrogen functional groups attached to an aromatic ring is 1. The monoisotopic (exact) mass is 576 g/mol. The SMILES string of the molecule is C=CCOP(=O)(OCC=C)C(Oc1ccc2ccc(C(=N)N)cc2c1)c1ccc(OC2CCN(C(C)=N)CC2)cc1. The molecule has 0 radical (unpaired) electrons. The van der Waals surface area contributed by atoms with Gasteiger partial charge in [0.05, 0.1) is 19.0 Å². The number of ether oxygens (including phenoxy) is 2. The Morgan fingerprint density at radius 3 is 2.17 bits per heavy atom. The van der Waals surface area contributed by atoms with Gasteiger partial charge in [0.1, 0.15) is 23.4 Å². The Kier molecular flexibility index (Phi) is 10.00. The van der Waals surface area contributed by atoms with Gasteiger partial charge < -0.3 is 29.2 Å². The molecular formula is C31H37N4O5P. The lowest BCUT2D eigenvalue weighted by atomic mass is 10.1. The standard InChI is InChI=1S/C31H37N4O5P/c1-4-18-37-41(36,38-19-5-2)31(40-29-13-8-23-6-7-25(30(33)34)20-26(23)21-29)24-9-11-27(12-10-24)39-28-14-16-35(17-15-28)22(3)32/h4-13,20-21,28,31-32H,1-2,14-19H2,3H3,(H3,33,34). The number of benzene rings is 3. The molecule has 9 nitrogen and oxygen atoms in total. The van der Waals surface area contributed by atoms with Crippen LogP contribution in [0.4, 0.5) is 0 Å². The van der Waals surface area contributed by atoms with E-state index in [-0.39, 0.29) is 25.2 Å². The summed E-state index contributed by atoms with van der Waals surface area (Å²) in [6.07, 6.45) is 4.72. The molecule has 0 bridgehead atoms. The van der Waals surface area contributed by atoms with Crippen molar-refractivity contribution in [3.8, 4) is 11.5 Å². The molecule has 1 saturated heterocycles. The first-order valence-corrected chi connectivity index (χ1v) is 15.1. The third-order valence-corrected chi connectivity index (χ3v) is 8.78. The van der Waals surface area contributed by atoms with Gasteiger partial charge in [0.2, 0.25) is 5.85 Å². The number of likely N-dealkylation sites (tertiary alicyclic amines) is 1. The van der Waals surface area contributed by atoms with Gasteiger partial charge in [-0.15, -0.1) is 13.2 Å². The summed E-state index contributed by atoms with van der Waals surface area (Å²) in [5.41, 5.74) is 6.86. The molecule has 0 aromatic heterocycles. The fraction of sp³-hybridized carbons (Fsp3) is 0.290. The predicted octanol–water partition coefficient (Wildman–Crippen LogP) is 6.64. The van der Waals surface area contributed by atoms with Crippen LogP contribution in [-0.4, -0.2) is 49.0 Å². The summed E-state index contributed by atoms with van der Waals surface area (Å²) in [4.78, 5) is 2.04. The highest BCUT2D eigenvalue weighted by Gasteiger charge is 2.39. The second kappa shape index (κ2) is 13.6. The van der Waals surface area contributed by atoms with Crippen molar-refractivity contribution in [2.75, 3.05) is 26.3 Å². The molecule has 4 rings (SSSR count). The number of nitrogens with two attached hydrogens (primary N) is 1. The maximum Gasteiger partial charge on any atom is 0.376 e. The number of amidine groups is 2. The van der Waals surface area contributed by atoms with Crippen LogP contribution < -0.4 is 15.2 Å². The molecule has 0 saturated carbocycles. The number of piperidine rings is 1. The lowest BCUT2D eigenvalue weighted by Gasteiger charge is -2.33. The molecular weight excluding hydrogens is 539 g/mol. The Morgan fingerprint density at radius 2 is 1.59 bits per heavy atom. The van der Waals surface area contributed by atoms with Crippen LogP contribution in [0.25, 0.3) is 10.8 Å². The maximum atomic E-state index is 14.2. The quantitative estimate of drug-likeness (QED) is 0.0900. The average Bonchev–Trinajstić information content (AvgIpc) is 2.98. The van der Waals surface area contributed by atoms with Gasteiger partial charge in [-0.25, -0.2) is 0 Å². The van der Waals surface area contributed by atoms with Crippen molar-refractivity contribution in [3.63, 3.8) is 0 Å². The molecule has 1 aliphatic rings. The highest BCUT2D eigenvalue weighted by Crippen LogP contribution is 2.61. The Bertz CT molecular complexity index is 1430. The van der Waals surface area contributed by atoms with Crippen LogP contribution in [0.15, 0.2) is 86.0 Å². The largest absolute Gasteiger partial charge is 0.490 e. The smallest absolute Gasteiger partial charge is 0.376 e. The fourth-order valence-corrected chi connectivity index (χ4v) is 6.37. The van der Waals surface area contributed by atoms with E-state index in [0.717, 1.165) is 36.7 Å². The fourth-order valence-electron chi connectivity index (χ4n) is 4.61. The topological polar surface area (TPSA) is 131 Å². The van der Waals surface area contributed by atoms with Gasteiger partial charge in [0.15, 0.2) is 0 Å². The lowest BCUT2D eigenvalue weighted by Crippen LogP contribution is -2.40. The zero-order valence-corrected chi connectivity index (χ0v) is 24.1. The van der Waals surface area contributed by atoms with E-state index in [0.29, 0.717) is 28.5 Å². The minimum atomic E-state index is -3.89. The summed E-state index contributed by atoms with van der Waals surface area (Å²) < 4.78 is 38.2. The second-order valence-electron chi connectivity index (χ2n) is 9.78. The number of hydrogen-bond donors (Lipinski definition) is 3. The van der Waals surface area contributed by atoms with Crippen molar-refractivity contribution in [2.24, 2.45) is 5.73 Å². The zero-order chi connectivity index (χ0) is 29.4. The molecule has 3 aromatic rings. The highest BCUT2D eigenvalue weighted by molar-refractivity contribution is 7.54. The molecule has 10 heteroatoms. The summed E-state index contributed by atoms with van der Waals surface area (Å²) in [6.45, 7) is 10.7. The van der Waals surface area contributed by atoms with E-state index in [1.165, 1.54) is 12.2 Å². The van der Waals surface area contributed by atoms with E-state index in [1.807, 2.05) is 35.2 Å². The van der Waals surface area contributed by atoms with Gasteiger partial charge in [-0.1, -0.05) is 42.5 Å². The van der Waals surface area contributed by atoms with Crippen LogP contribution in [0.2, 0.25) is 0 Å². The molecule has 1 atom stereocenters. The number of hydrogen-bond acceptors (Lipinski definition) is 7. The van der Waals surface area contributed by atoms with E-state index in [4.69, 9.17) is 35.1 Å². The molecule has 0 amide bonds. The summed E-state index contributed by atoms with van der Waals surface area (Å²) in [5, 5.41) is 17.3. The zero-order valence-electron chi connectivity index (χ0n) is 23.3. The first kappa shape index (κ1) is 30.1. The van der Waals surface area contributed by atoms with Crippen LogP contribution in [0.3, 0.4) is 0 Å². The molecule has 1 aliphatic heterocycles. The van der Waals surface area contributed by atoms with Crippen LogP contribution in [-0.2, 0) is 13.6 Å². The average molecular weight is 577 g/mol. The number of nitrogens with one attached hydrogen (secondary N) is 2. The Balaban J connectivity index is 1.62. The third kappa shape index (κ3) is 7.64. The van der Waals surface area contributed by atoms with Crippen molar-refractivity contribution in [3.05, 3.63) is 97.1 Å². The number of nitrogens with zero attached hydrogens (tertiary/aromatic N) is 1. The summed E-state index contributed by atoms with van der Waals surface area (Å²) in [7, 11) is -3.89. The van der Waals surface area contributed by atoms with Crippen molar-refractivity contribution in [1.82, 2.24) is 4.90 Å². The van der Waals surface area contributed by atoms with E-state index < -0.39 is 13.4 Å². The van der Waals surface area contributed by atoms with Gasteiger partial charge in [0.25, 0.3) is 0 Å². The molecule has 4 N–H and O–H groups in total. The Morgan fingerprint density at radius 1 is 0.976 bits per heavy atom. The Labute approximate surface area is 241 Å². The summed E-state index contributed by atoms with van der Waals surface area (Å²) in [5.74, 6) is 0.583. The first-order chi connectivity index (χ1) is 19.7. The van der Waals surface area contributed by atoms with Crippen molar-refractivity contribution < 1.29 is 23.1 Å². The number of rotatable bonds is 13. The van der Waals surface area contributed by atoms with Crippen LogP contribution in [0.5, 0.6) is 11.5 Å². The molecule has 1 fully saturated rings. The molecule has 0 aliphatic carbocycles. The second-order valence-corrected chi connectivity index (χ2v) is 11.8. The molecule has 3 aromatic carbocycles. The minimum absolute atomic E-state index is 0.00306. The number of fused-ring (bicyclic) bond motifs is 1. The summed E-state index contributed by atoms with van der Waals surface area (Å²) >= 11 is 0. The van der Waals surface area contributed by atoms with Crippen LogP contribution >= 0.6 is 7.60 Å². The molecule has 41 heavy (non-hydrogen) atoms. The van der Waals surface area contributed by atoms with Gasteiger partial charge in [0, 0.05) is 37.1 Å². The van der Waals surface area contributed by atoms with Gasteiger partial charge >= 0.3 is 7.60 Å². The highest BCUT2D eigenvalue weighted by atomic mass is 31.2. The maximum absolute atomic E-state index is 14.2. The third-order valence-electron chi connectivity index (χ3n) is 6.79. The van der Waals surface area contributed by atoms with Crippen molar-refractivity contribution in [2.45, 2.75) is 31.7 Å². The van der Waals surface area contributed by atoms with Gasteiger partial charge in [-0.2, -0.15) is 0 Å². The Hall–Kier alpha value is -3.91. The van der Waals surface area contributed by atoms with E-state index in [1.54, 1.807) is 37.3 Å². The summed E-state index contributed by atoms with van der Waals surface area (Å²) in [6, 6.07) is 18.2. The molecule has 0 spiro atoms. The normalized spacial score (nSPS) is 14.8. The first-order valence-electron chi connectivity index (χ1n) is 13.4. The van der Waals surface area contributed by atoms with Crippen LogP contribution in [0.1, 0.15) is 36.7 Å². The van der Waals surface area contributed by atoms with E-state index in [9.17, 15) is 4.57 Å². The van der Waals surface area contributed by atoms with Crippen molar-refractivity contribution >= 4 is 30.0 Å². The minimum Gasteiger partial charge on any atom is -0.490 e. The van der Waals surface area contributed by atoms with Gasteiger partial charge in [-0.3, -0.25) is 15.4 Å².